The summed E-state index contributed by atoms with van der Waals surface area (Å²) >= 11 is 0. The Bertz CT molecular complexity index is 716. The fourth-order valence-corrected chi connectivity index (χ4v) is 3.19. The summed E-state index contributed by atoms with van der Waals surface area (Å²) in [6.07, 6.45) is 4.93. The molecule has 3 rings (SSSR count). The number of nitrogens with one attached hydrogen (secondary N) is 1. The van der Waals surface area contributed by atoms with E-state index in [9.17, 15) is 13.6 Å². The Labute approximate surface area is 138 Å². The maximum absolute atomic E-state index is 12.7. The molecule has 6 nitrogen and oxygen atoms in total. The summed E-state index contributed by atoms with van der Waals surface area (Å²) in [5, 5.41) is 11.4. The van der Waals surface area contributed by atoms with Gasteiger partial charge in [0.2, 0.25) is 6.43 Å². The molecule has 1 aliphatic carbocycles. The van der Waals surface area contributed by atoms with Crippen LogP contribution in [0.15, 0.2) is 18.6 Å². The normalized spacial score (nSPS) is 21.2. The van der Waals surface area contributed by atoms with Gasteiger partial charge >= 0.3 is 0 Å². The third-order valence-electron chi connectivity index (χ3n) is 4.52. The van der Waals surface area contributed by atoms with Crippen LogP contribution in [0.4, 0.5) is 8.78 Å². The molecular formula is C16H21F2N5O. The lowest BCUT2D eigenvalue weighted by Crippen LogP contribution is -2.38. The molecule has 1 amide bonds. The van der Waals surface area contributed by atoms with Crippen LogP contribution in [0, 0.1) is 5.92 Å². The average Bonchev–Trinajstić information content (AvgIpc) is 3.13. The van der Waals surface area contributed by atoms with E-state index >= 15 is 0 Å². The summed E-state index contributed by atoms with van der Waals surface area (Å²) in [7, 11) is 3.55. The lowest BCUT2D eigenvalue weighted by Gasteiger charge is -2.28. The van der Waals surface area contributed by atoms with Crippen molar-refractivity contribution in [2.75, 3.05) is 0 Å². The molecule has 24 heavy (non-hydrogen) atoms. The third-order valence-corrected chi connectivity index (χ3v) is 4.52. The Balaban J connectivity index is 1.70. The first-order valence-corrected chi connectivity index (χ1v) is 8.05. The van der Waals surface area contributed by atoms with Crippen LogP contribution in [0.25, 0.3) is 11.3 Å². The van der Waals surface area contributed by atoms with Gasteiger partial charge < -0.3 is 5.32 Å². The van der Waals surface area contributed by atoms with Crippen molar-refractivity contribution in [3.05, 3.63) is 24.2 Å². The average molecular weight is 337 g/mol. The molecule has 0 radical (unpaired) electrons. The molecule has 0 spiro atoms. The molecule has 1 N–H and O–H groups in total. The van der Waals surface area contributed by atoms with Gasteiger partial charge in [-0.15, -0.1) is 0 Å². The Hall–Kier alpha value is -2.25. The van der Waals surface area contributed by atoms with E-state index < -0.39 is 12.3 Å². The Kier molecular flexibility index (Phi) is 4.64. The predicted molar refractivity (Wildman–Crippen MR) is 84.6 cm³/mol. The van der Waals surface area contributed by atoms with Gasteiger partial charge in [-0.3, -0.25) is 14.2 Å². The largest absolute Gasteiger partial charge is 0.349 e. The number of rotatable bonds is 4. The van der Waals surface area contributed by atoms with Crippen molar-refractivity contribution in [3.8, 4) is 11.3 Å². The summed E-state index contributed by atoms with van der Waals surface area (Å²) in [5.74, 6) is -0.759. The van der Waals surface area contributed by atoms with Crippen molar-refractivity contribution in [1.82, 2.24) is 24.9 Å². The molecule has 0 saturated heterocycles. The van der Waals surface area contributed by atoms with E-state index in [0.717, 1.165) is 5.56 Å². The molecule has 1 fully saturated rings. The fraction of sp³-hybridized carbons (Fsp3) is 0.562. The summed E-state index contributed by atoms with van der Waals surface area (Å²) in [6.45, 7) is 0. The minimum absolute atomic E-state index is 0.0607. The van der Waals surface area contributed by atoms with E-state index in [0.29, 0.717) is 36.9 Å². The van der Waals surface area contributed by atoms with Crippen LogP contribution in [-0.4, -0.2) is 37.9 Å². The van der Waals surface area contributed by atoms with Gasteiger partial charge in [-0.2, -0.15) is 10.2 Å². The van der Waals surface area contributed by atoms with Gasteiger partial charge in [0.15, 0.2) is 0 Å². The van der Waals surface area contributed by atoms with Crippen LogP contribution < -0.4 is 5.32 Å². The van der Waals surface area contributed by atoms with E-state index in [1.165, 1.54) is 0 Å². The highest BCUT2D eigenvalue weighted by molar-refractivity contribution is 5.99. The highest BCUT2D eigenvalue weighted by Gasteiger charge is 2.29. The topological polar surface area (TPSA) is 64.7 Å². The van der Waals surface area contributed by atoms with E-state index in [1.54, 1.807) is 42.0 Å². The quantitative estimate of drug-likeness (QED) is 0.931. The number of carbonyl (C=O) groups is 1. The summed E-state index contributed by atoms with van der Waals surface area (Å²) in [4.78, 5) is 12.6. The Morgan fingerprint density at radius 1 is 1.21 bits per heavy atom. The van der Waals surface area contributed by atoms with Crippen molar-refractivity contribution in [1.29, 1.82) is 0 Å². The third kappa shape index (κ3) is 3.47. The van der Waals surface area contributed by atoms with Crippen LogP contribution in [-0.2, 0) is 14.1 Å². The van der Waals surface area contributed by atoms with Crippen LogP contribution in [0.3, 0.4) is 0 Å². The minimum atomic E-state index is -2.27. The summed E-state index contributed by atoms with van der Waals surface area (Å²) < 4.78 is 28.7. The maximum Gasteiger partial charge on any atom is 0.255 e. The number of aryl methyl sites for hydroxylation is 2. The van der Waals surface area contributed by atoms with Crippen molar-refractivity contribution in [2.24, 2.45) is 20.0 Å². The fourth-order valence-electron chi connectivity index (χ4n) is 3.19. The van der Waals surface area contributed by atoms with Crippen molar-refractivity contribution >= 4 is 5.91 Å². The van der Waals surface area contributed by atoms with Crippen molar-refractivity contribution in [3.63, 3.8) is 0 Å². The maximum atomic E-state index is 12.7. The molecule has 2 heterocycles. The van der Waals surface area contributed by atoms with E-state index in [2.05, 4.69) is 15.5 Å². The van der Waals surface area contributed by atoms with Gasteiger partial charge in [-0.1, -0.05) is 0 Å². The zero-order chi connectivity index (χ0) is 17.3. The Morgan fingerprint density at radius 2 is 1.92 bits per heavy atom. The van der Waals surface area contributed by atoms with Crippen molar-refractivity contribution < 1.29 is 13.6 Å². The number of hydrogen-bond acceptors (Lipinski definition) is 3. The molecule has 1 aliphatic rings. The molecule has 0 atom stereocenters. The molecule has 2 aromatic heterocycles. The molecule has 130 valence electrons. The number of carbonyl (C=O) groups excluding carboxylic acids is 1. The summed E-state index contributed by atoms with van der Waals surface area (Å²) in [5.41, 5.74) is 1.82. The first-order valence-electron chi connectivity index (χ1n) is 8.05. The first-order chi connectivity index (χ1) is 11.4. The SMILES string of the molecule is Cn1cc(-c2nn(C)cc2C(=O)NC2CCC(C(F)F)CC2)cn1. The van der Waals surface area contributed by atoms with Gasteiger partial charge in [-0.25, -0.2) is 8.78 Å². The van der Waals surface area contributed by atoms with Gasteiger partial charge in [0.1, 0.15) is 5.69 Å². The van der Waals surface area contributed by atoms with Crippen LogP contribution in [0.2, 0.25) is 0 Å². The van der Waals surface area contributed by atoms with Gasteiger partial charge in [0, 0.05) is 44.0 Å². The molecule has 0 aliphatic heterocycles. The van der Waals surface area contributed by atoms with Crippen LogP contribution in [0.5, 0.6) is 0 Å². The second-order valence-corrected chi connectivity index (χ2v) is 6.39. The second kappa shape index (κ2) is 6.70. The minimum Gasteiger partial charge on any atom is -0.349 e. The Morgan fingerprint density at radius 3 is 2.50 bits per heavy atom. The van der Waals surface area contributed by atoms with Gasteiger partial charge in [0.05, 0.1) is 11.8 Å². The zero-order valence-corrected chi connectivity index (χ0v) is 13.7. The van der Waals surface area contributed by atoms with Crippen molar-refractivity contribution in [2.45, 2.75) is 38.2 Å². The van der Waals surface area contributed by atoms with Crippen LogP contribution >= 0.6 is 0 Å². The second-order valence-electron chi connectivity index (χ2n) is 6.39. The van der Waals surface area contributed by atoms with Gasteiger partial charge in [-0.05, 0) is 25.7 Å². The molecule has 8 heteroatoms. The molecule has 0 aromatic carbocycles. The lowest BCUT2D eigenvalue weighted by molar-refractivity contribution is 0.0499. The number of halogens is 2. The van der Waals surface area contributed by atoms with E-state index in [4.69, 9.17) is 0 Å². The van der Waals surface area contributed by atoms with Crippen LogP contribution in [0.1, 0.15) is 36.0 Å². The number of aromatic nitrogens is 4. The smallest absolute Gasteiger partial charge is 0.255 e. The number of amides is 1. The summed E-state index contributed by atoms with van der Waals surface area (Å²) in [6, 6.07) is -0.0607. The lowest BCUT2D eigenvalue weighted by atomic mass is 9.86. The highest BCUT2D eigenvalue weighted by Crippen LogP contribution is 2.29. The van der Waals surface area contributed by atoms with E-state index in [-0.39, 0.29) is 11.9 Å². The molecule has 0 bridgehead atoms. The molecular weight excluding hydrogens is 316 g/mol. The standard InChI is InChI=1S/C16H21F2N5O/c1-22-8-11(7-19-22)14-13(9-23(2)21-14)16(24)20-12-5-3-10(4-6-12)15(17)18/h7-10,12,15H,3-6H2,1-2H3,(H,20,24). The van der Waals surface area contributed by atoms with Gasteiger partial charge in [0.25, 0.3) is 5.91 Å². The number of hydrogen-bond donors (Lipinski definition) is 1. The monoisotopic (exact) mass is 337 g/mol. The number of alkyl halides is 2. The zero-order valence-electron chi connectivity index (χ0n) is 13.7. The first kappa shape index (κ1) is 16.6. The molecule has 0 unspecified atom stereocenters. The molecule has 2 aromatic rings. The highest BCUT2D eigenvalue weighted by atomic mass is 19.3. The molecule has 1 saturated carbocycles. The van der Waals surface area contributed by atoms with E-state index in [1.807, 2.05) is 0 Å². The predicted octanol–water partition coefficient (Wildman–Crippen LogP) is 2.37. The number of nitrogens with zero attached hydrogens (tertiary/aromatic N) is 4.